The van der Waals surface area contributed by atoms with E-state index in [1.165, 1.54) is 11.6 Å². The molecule has 0 rings (SSSR count). The number of hydrogen-bond acceptors (Lipinski definition) is 0. The van der Waals surface area contributed by atoms with Gasteiger partial charge in [-0.2, -0.15) is 0 Å². The third kappa shape index (κ3) is 7.62. The highest BCUT2D eigenvalue weighted by molar-refractivity contribution is 6.29. The molecule has 48 valence electrons. The molecule has 0 nitrogen and oxygen atoms in total. The minimum atomic E-state index is 0.672. The van der Waals surface area contributed by atoms with Crippen LogP contribution in [0, 0.1) is 11.8 Å². The smallest absolute Gasteiger partial charge is 0.0233 e. The Balaban J connectivity index is 3.76. The first-order chi connectivity index (χ1) is 4.27. The molecule has 0 N–H and O–H groups in total. The Morgan fingerprint density at radius 2 is 2.11 bits per heavy atom. The van der Waals surface area contributed by atoms with E-state index in [1.807, 2.05) is 0 Å². The van der Waals surface area contributed by atoms with E-state index >= 15 is 0 Å². The van der Waals surface area contributed by atoms with Crippen LogP contribution < -0.4 is 0 Å². The molecule has 0 aliphatic rings. The number of halogens is 2. The summed E-state index contributed by atoms with van der Waals surface area (Å²) in [6.45, 7) is 1.76. The molecule has 0 saturated heterocycles. The van der Waals surface area contributed by atoms with Gasteiger partial charge in [0.25, 0.3) is 0 Å². The molecule has 0 aromatic rings. The standard InChI is InChI=1S/C7H6Cl2/c1-7(9)5-3-2-4-6-8/h4-6H,1H3/b6-4+,7-5+. The number of hydrogen-bond donors (Lipinski definition) is 0. The van der Waals surface area contributed by atoms with E-state index in [0.29, 0.717) is 5.03 Å². The maximum atomic E-state index is 5.46. The van der Waals surface area contributed by atoms with Crippen molar-refractivity contribution in [3.8, 4) is 11.8 Å². The van der Waals surface area contributed by atoms with Gasteiger partial charge in [0, 0.05) is 16.6 Å². The van der Waals surface area contributed by atoms with Crippen molar-refractivity contribution in [2.75, 3.05) is 0 Å². The zero-order chi connectivity index (χ0) is 7.11. The summed E-state index contributed by atoms with van der Waals surface area (Å²) in [6, 6.07) is 0. The molecule has 0 aliphatic heterocycles. The minimum absolute atomic E-state index is 0.672. The van der Waals surface area contributed by atoms with Gasteiger partial charge >= 0.3 is 0 Å². The van der Waals surface area contributed by atoms with E-state index in [1.54, 1.807) is 13.0 Å². The molecule has 0 heterocycles. The van der Waals surface area contributed by atoms with Gasteiger partial charge in [-0.3, -0.25) is 0 Å². The molecule has 0 aliphatic carbocycles. The Kier molecular flexibility index (Phi) is 5.51. The van der Waals surface area contributed by atoms with Gasteiger partial charge in [0.1, 0.15) is 0 Å². The van der Waals surface area contributed by atoms with Crippen LogP contribution in [0.1, 0.15) is 6.92 Å². The highest BCUT2D eigenvalue weighted by atomic mass is 35.5. The van der Waals surface area contributed by atoms with Crippen LogP contribution in [0.2, 0.25) is 0 Å². The highest BCUT2D eigenvalue weighted by Crippen LogP contribution is 1.94. The van der Waals surface area contributed by atoms with Crippen LogP contribution in [-0.4, -0.2) is 0 Å². The van der Waals surface area contributed by atoms with Crippen LogP contribution >= 0.6 is 23.2 Å². The average Bonchev–Trinajstić information content (AvgIpc) is 1.80. The molecular weight excluding hydrogens is 155 g/mol. The second kappa shape index (κ2) is 5.75. The third-order valence-corrected chi connectivity index (χ3v) is 0.736. The molecule has 0 bridgehead atoms. The second-order valence-corrected chi connectivity index (χ2v) is 2.16. The van der Waals surface area contributed by atoms with Gasteiger partial charge in [-0.25, -0.2) is 0 Å². The van der Waals surface area contributed by atoms with Crippen molar-refractivity contribution < 1.29 is 0 Å². The highest BCUT2D eigenvalue weighted by Gasteiger charge is 1.69. The lowest BCUT2D eigenvalue weighted by Crippen LogP contribution is -1.53. The Morgan fingerprint density at radius 1 is 1.44 bits per heavy atom. The van der Waals surface area contributed by atoms with Crippen molar-refractivity contribution in [1.29, 1.82) is 0 Å². The van der Waals surface area contributed by atoms with E-state index in [2.05, 4.69) is 11.8 Å². The monoisotopic (exact) mass is 160 g/mol. The predicted molar refractivity (Wildman–Crippen MR) is 42.4 cm³/mol. The van der Waals surface area contributed by atoms with Crippen molar-refractivity contribution in [2.24, 2.45) is 0 Å². The fourth-order valence-electron chi connectivity index (χ4n) is 0.221. The van der Waals surface area contributed by atoms with E-state index in [9.17, 15) is 0 Å². The van der Waals surface area contributed by atoms with Gasteiger partial charge < -0.3 is 0 Å². The first kappa shape index (κ1) is 8.62. The number of rotatable bonds is 0. The van der Waals surface area contributed by atoms with Crippen molar-refractivity contribution in [3.63, 3.8) is 0 Å². The molecule has 0 aromatic carbocycles. The van der Waals surface area contributed by atoms with E-state index in [4.69, 9.17) is 23.2 Å². The SMILES string of the molecule is C/C(Cl)=C\C#C/C=C/Cl. The maximum absolute atomic E-state index is 5.46. The van der Waals surface area contributed by atoms with Gasteiger partial charge in [0.05, 0.1) is 0 Å². The maximum Gasteiger partial charge on any atom is 0.0233 e. The Labute approximate surface area is 65.2 Å². The largest absolute Gasteiger partial charge is 0.0923 e. The van der Waals surface area contributed by atoms with Crippen LogP contribution in [-0.2, 0) is 0 Å². The summed E-state index contributed by atoms with van der Waals surface area (Å²) in [7, 11) is 0. The molecule has 0 amide bonds. The molecule has 2 heteroatoms. The molecule has 0 unspecified atom stereocenters. The van der Waals surface area contributed by atoms with Crippen molar-refractivity contribution >= 4 is 23.2 Å². The lowest BCUT2D eigenvalue weighted by Gasteiger charge is -1.72. The van der Waals surface area contributed by atoms with Gasteiger partial charge in [0.15, 0.2) is 0 Å². The Morgan fingerprint density at radius 3 is 2.56 bits per heavy atom. The van der Waals surface area contributed by atoms with Crippen molar-refractivity contribution in [1.82, 2.24) is 0 Å². The van der Waals surface area contributed by atoms with Gasteiger partial charge in [-0.15, -0.1) is 0 Å². The summed E-state index contributed by atoms with van der Waals surface area (Å²) in [4.78, 5) is 0. The van der Waals surface area contributed by atoms with Gasteiger partial charge in [-0.1, -0.05) is 35.0 Å². The van der Waals surface area contributed by atoms with Crippen LogP contribution in [0.5, 0.6) is 0 Å². The third-order valence-electron chi connectivity index (χ3n) is 0.501. The molecule has 9 heavy (non-hydrogen) atoms. The average molecular weight is 161 g/mol. The van der Waals surface area contributed by atoms with E-state index in [-0.39, 0.29) is 0 Å². The second-order valence-electron chi connectivity index (χ2n) is 1.31. The summed E-state index contributed by atoms with van der Waals surface area (Å²) in [5.74, 6) is 5.31. The summed E-state index contributed by atoms with van der Waals surface area (Å²) in [6.07, 6.45) is 3.15. The lowest BCUT2D eigenvalue weighted by molar-refractivity contribution is 1.68. The molecule has 0 atom stereocenters. The van der Waals surface area contributed by atoms with Crippen LogP contribution in [0.4, 0.5) is 0 Å². The van der Waals surface area contributed by atoms with Crippen LogP contribution in [0.3, 0.4) is 0 Å². The summed E-state index contributed by atoms with van der Waals surface area (Å²) >= 11 is 10.6. The topological polar surface area (TPSA) is 0 Å². The molecule has 0 radical (unpaired) electrons. The van der Waals surface area contributed by atoms with E-state index in [0.717, 1.165) is 0 Å². The van der Waals surface area contributed by atoms with Gasteiger partial charge in [-0.05, 0) is 13.0 Å². The first-order valence-electron chi connectivity index (χ1n) is 2.36. The fourth-order valence-corrected chi connectivity index (χ4v) is 0.338. The normalized spacial score (nSPS) is 11.2. The Bertz CT molecular complexity index is 175. The fraction of sp³-hybridized carbons (Fsp3) is 0.143. The molecule has 0 saturated carbocycles. The minimum Gasteiger partial charge on any atom is -0.0923 e. The summed E-state index contributed by atoms with van der Waals surface area (Å²) in [5, 5.41) is 0.672. The summed E-state index contributed by atoms with van der Waals surface area (Å²) in [5.41, 5.74) is 1.35. The quantitative estimate of drug-likeness (QED) is 0.479. The molecule has 0 spiro atoms. The van der Waals surface area contributed by atoms with Crippen molar-refractivity contribution in [2.45, 2.75) is 6.92 Å². The van der Waals surface area contributed by atoms with Crippen LogP contribution in [0.15, 0.2) is 22.7 Å². The first-order valence-corrected chi connectivity index (χ1v) is 3.17. The van der Waals surface area contributed by atoms with Gasteiger partial charge in [0.2, 0.25) is 0 Å². The number of allylic oxidation sites excluding steroid dienone is 3. The molecular formula is C7H6Cl2. The van der Waals surface area contributed by atoms with E-state index < -0.39 is 0 Å². The predicted octanol–water partition coefficient (Wildman–Crippen LogP) is 2.88. The van der Waals surface area contributed by atoms with Crippen molar-refractivity contribution in [3.05, 3.63) is 22.7 Å². The molecule has 0 aromatic heterocycles. The summed E-state index contributed by atoms with van der Waals surface area (Å²) < 4.78 is 0. The zero-order valence-corrected chi connectivity index (χ0v) is 6.50. The Hall–Kier alpha value is -0.380. The van der Waals surface area contributed by atoms with Crippen LogP contribution in [0.25, 0.3) is 0 Å². The zero-order valence-electron chi connectivity index (χ0n) is 4.99. The lowest BCUT2D eigenvalue weighted by atomic mass is 10.5. The molecule has 0 fully saturated rings.